The van der Waals surface area contributed by atoms with Crippen LogP contribution in [0.4, 0.5) is 5.69 Å². The monoisotopic (exact) mass is 466 g/mol. The van der Waals surface area contributed by atoms with E-state index in [1.165, 1.54) is 0 Å². The Labute approximate surface area is 193 Å². The number of hydrogen-bond donors (Lipinski definition) is 1. The van der Waals surface area contributed by atoms with Gasteiger partial charge in [0.1, 0.15) is 12.4 Å². The maximum Gasteiger partial charge on any atom is 0.256 e. The van der Waals surface area contributed by atoms with Gasteiger partial charge in [-0.3, -0.25) is 4.79 Å². The van der Waals surface area contributed by atoms with E-state index in [2.05, 4.69) is 13.8 Å². The van der Waals surface area contributed by atoms with Crippen molar-refractivity contribution in [2.45, 2.75) is 44.2 Å². The van der Waals surface area contributed by atoms with Crippen LogP contribution in [-0.2, 0) is 0 Å². The van der Waals surface area contributed by atoms with Gasteiger partial charge in [-0.25, -0.2) is 0 Å². The first kappa shape index (κ1) is 23.4. The van der Waals surface area contributed by atoms with Crippen LogP contribution >= 0.6 is 35.1 Å². The lowest BCUT2D eigenvalue weighted by molar-refractivity contribution is 0.0747. The number of thioether (sulfide) groups is 2. The van der Waals surface area contributed by atoms with E-state index >= 15 is 0 Å². The number of rotatable bonds is 9. The number of amides is 1. The molecule has 164 valence electrons. The lowest BCUT2D eigenvalue weighted by atomic mass is 10.0. The van der Waals surface area contributed by atoms with Crippen LogP contribution in [0.1, 0.15) is 42.6 Å². The Morgan fingerprint density at radius 1 is 1.23 bits per heavy atom. The maximum atomic E-state index is 13.5. The first-order valence-corrected chi connectivity index (χ1v) is 13.2. The Kier molecular flexibility index (Phi) is 8.49. The maximum absolute atomic E-state index is 13.5. The zero-order chi connectivity index (χ0) is 21.7. The van der Waals surface area contributed by atoms with E-state index in [4.69, 9.17) is 22.1 Å². The molecule has 3 rings (SSSR count). The van der Waals surface area contributed by atoms with Gasteiger partial charge in [0.05, 0.1) is 22.1 Å². The Morgan fingerprint density at radius 3 is 2.60 bits per heavy atom. The third-order valence-corrected chi connectivity index (χ3v) is 8.33. The number of halogens is 1. The quantitative estimate of drug-likeness (QED) is 0.288. The number of nitrogen functional groups attached to an aromatic ring is 1. The second-order valence-electron chi connectivity index (χ2n) is 7.43. The molecule has 0 unspecified atom stereocenters. The van der Waals surface area contributed by atoms with E-state index in [9.17, 15) is 4.79 Å². The van der Waals surface area contributed by atoms with Crippen molar-refractivity contribution in [2.75, 3.05) is 36.3 Å². The van der Waals surface area contributed by atoms with Crippen molar-refractivity contribution in [3.63, 3.8) is 0 Å². The summed E-state index contributed by atoms with van der Waals surface area (Å²) in [4.78, 5) is 15.6. The van der Waals surface area contributed by atoms with Gasteiger partial charge in [-0.15, -0.1) is 35.1 Å². The summed E-state index contributed by atoms with van der Waals surface area (Å²) in [6.07, 6.45) is 2.10. The second kappa shape index (κ2) is 10.9. The fourth-order valence-corrected chi connectivity index (χ4v) is 6.98. The average molecular weight is 467 g/mol. The molecule has 0 aliphatic carbocycles. The molecule has 1 amide bonds. The number of fused-ring (bicyclic) bond motifs is 1. The summed E-state index contributed by atoms with van der Waals surface area (Å²) < 4.78 is 6.17. The van der Waals surface area contributed by atoms with Gasteiger partial charge in [-0.05, 0) is 71.9 Å². The Bertz CT molecular complexity index is 887. The van der Waals surface area contributed by atoms with Gasteiger partial charge < -0.3 is 15.4 Å². The highest BCUT2D eigenvalue weighted by Crippen LogP contribution is 2.37. The normalized spacial score (nSPS) is 16.6. The SMILES string of the molecule is CCSC(SCC)[C@@H]1CCCN1C(=O)c1cc2cc(OCCCl)c(C)cc2cc1N. The molecule has 0 aromatic heterocycles. The Balaban J connectivity index is 1.93. The molecule has 0 spiro atoms. The van der Waals surface area contributed by atoms with Crippen LogP contribution < -0.4 is 10.5 Å². The zero-order valence-electron chi connectivity index (χ0n) is 17.9. The number of likely N-dealkylation sites (tertiary alicyclic amines) is 1. The molecule has 1 fully saturated rings. The summed E-state index contributed by atoms with van der Waals surface area (Å²) in [5.41, 5.74) is 8.51. The van der Waals surface area contributed by atoms with Crippen LogP contribution in [0.2, 0.25) is 0 Å². The topological polar surface area (TPSA) is 55.6 Å². The zero-order valence-corrected chi connectivity index (χ0v) is 20.3. The predicted octanol–water partition coefficient (Wildman–Crippen LogP) is 5.78. The molecule has 1 aliphatic rings. The van der Waals surface area contributed by atoms with Crippen molar-refractivity contribution in [3.05, 3.63) is 35.4 Å². The minimum absolute atomic E-state index is 0.0408. The van der Waals surface area contributed by atoms with E-state index in [1.807, 2.05) is 59.6 Å². The van der Waals surface area contributed by atoms with E-state index in [-0.39, 0.29) is 11.9 Å². The van der Waals surface area contributed by atoms with Crippen molar-refractivity contribution in [1.29, 1.82) is 0 Å². The van der Waals surface area contributed by atoms with E-state index in [0.29, 0.717) is 28.3 Å². The van der Waals surface area contributed by atoms with Gasteiger partial charge in [-0.2, -0.15) is 0 Å². The summed E-state index contributed by atoms with van der Waals surface area (Å²) in [5, 5.41) is 1.97. The van der Waals surface area contributed by atoms with E-state index in [0.717, 1.165) is 53.0 Å². The predicted molar refractivity (Wildman–Crippen MR) is 133 cm³/mol. The molecule has 1 aliphatic heterocycles. The van der Waals surface area contributed by atoms with E-state index < -0.39 is 0 Å². The summed E-state index contributed by atoms with van der Waals surface area (Å²) >= 11 is 9.66. The van der Waals surface area contributed by atoms with Gasteiger partial charge in [0.2, 0.25) is 0 Å². The van der Waals surface area contributed by atoms with Crippen LogP contribution in [0.5, 0.6) is 5.75 Å². The molecular formula is C23H31ClN2O2S2. The molecule has 7 heteroatoms. The lowest BCUT2D eigenvalue weighted by Gasteiger charge is -2.31. The summed E-state index contributed by atoms with van der Waals surface area (Å²) in [6.45, 7) is 7.62. The molecule has 1 saturated heterocycles. The molecule has 2 aromatic rings. The number of nitrogens with zero attached hydrogens (tertiary/aromatic N) is 1. The second-order valence-corrected chi connectivity index (χ2v) is 10.9. The van der Waals surface area contributed by atoms with Crippen LogP contribution in [0.15, 0.2) is 24.3 Å². The molecule has 2 aromatic carbocycles. The van der Waals surface area contributed by atoms with Crippen LogP contribution in [0, 0.1) is 6.92 Å². The number of carbonyl (C=O) groups is 1. The Morgan fingerprint density at radius 2 is 1.93 bits per heavy atom. The van der Waals surface area contributed by atoms with Crippen molar-refractivity contribution in [2.24, 2.45) is 0 Å². The number of alkyl halides is 1. The highest BCUT2D eigenvalue weighted by molar-refractivity contribution is 8.17. The molecule has 4 nitrogen and oxygen atoms in total. The molecular weight excluding hydrogens is 436 g/mol. The fraction of sp³-hybridized carbons (Fsp3) is 0.522. The lowest BCUT2D eigenvalue weighted by Crippen LogP contribution is -2.41. The van der Waals surface area contributed by atoms with Gasteiger partial charge in [-0.1, -0.05) is 13.8 Å². The smallest absolute Gasteiger partial charge is 0.256 e. The van der Waals surface area contributed by atoms with Crippen LogP contribution in [0.3, 0.4) is 0 Å². The molecule has 0 saturated carbocycles. The fourth-order valence-electron chi connectivity index (χ4n) is 4.03. The number of anilines is 1. The third-order valence-electron chi connectivity index (χ3n) is 5.40. The minimum atomic E-state index is 0.0408. The number of ether oxygens (including phenoxy) is 1. The summed E-state index contributed by atoms with van der Waals surface area (Å²) in [6, 6.07) is 8.11. The summed E-state index contributed by atoms with van der Waals surface area (Å²) in [7, 11) is 0. The number of nitrogens with two attached hydrogens (primary N) is 1. The number of carbonyl (C=O) groups excluding carboxylic acids is 1. The largest absolute Gasteiger partial charge is 0.492 e. The highest BCUT2D eigenvalue weighted by atomic mass is 35.5. The number of aryl methyl sites for hydroxylation is 1. The Hall–Kier alpha value is -1.24. The van der Waals surface area contributed by atoms with Crippen molar-refractivity contribution < 1.29 is 9.53 Å². The van der Waals surface area contributed by atoms with Gasteiger partial charge in [0, 0.05) is 12.2 Å². The minimum Gasteiger partial charge on any atom is -0.492 e. The third kappa shape index (κ3) is 5.14. The average Bonchev–Trinajstić information content (AvgIpc) is 3.21. The molecule has 30 heavy (non-hydrogen) atoms. The van der Waals surface area contributed by atoms with Crippen LogP contribution in [-0.4, -0.2) is 52.0 Å². The summed E-state index contributed by atoms with van der Waals surface area (Å²) in [5.74, 6) is 3.38. The standard InChI is InChI=1S/C23H31ClN2O2S2/c1-4-29-23(30-5-2)20-7-6-9-26(20)22(27)18-12-17-14-21(28-10-8-24)15(3)11-16(17)13-19(18)25/h11-14,20,23H,4-10,25H2,1-3H3/t20-/m0/s1. The van der Waals surface area contributed by atoms with Crippen molar-refractivity contribution in [1.82, 2.24) is 4.90 Å². The van der Waals surface area contributed by atoms with Crippen molar-refractivity contribution >= 4 is 57.5 Å². The highest BCUT2D eigenvalue weighted by Gasteiger charge is 2.35. The van der Waals surface area contributed by atoms with Crippen LogP contribution in [0.25, 0.3) is 10.8 Å². The molecule has 1 atom stereocenters. The molecule has 0 radical (unpaired) electrons. The number of hydrogen-bond acceptors (Lipinski definition) is 5. The number of benzene rings is 2. The molecule has 1 heterocycles. The first-order chi connectivity index (χ1) is 14.5. The van der Waals surface area contributed by atoms with E-state index in [1.54, 1.807) is 0 Å². The van der Waals surface area contributed by atoms with Gasteiger partial charge >= 0.3 is 0 Å². The molecule has 0 bridgehead atoms. The van der Waals surface area contributed by atoms with Crippen molar-refractivity contribution in [3.8, 4) is 5.75 Å². The van der Waals surface area contributed by atoms with Gasteiger partial charge in [0.15, 0.2) is 0 Å². The van der Waals surface area contributed by atoms with Gasteiger partial charge in [0.25, 0.3) is 5.91 Å². The first-order valence-electron chi connectivity index (χ1n) is 10.6. The molecule has 2 N–H and O–H groups in total.